The second-order valence-electron chi connectivity index (χ2n) is 3.93. The van der Waals surface area contributed by atoms with Crippen LogP contribution in [0.5, 0.6) is 0 Å². The van der Waals surface area contributed by atoms with E-state index in [4.69, 9.17) is 0 Å². The zero-order valence-electron chi connectivity index (χ0n) is 8.88. The first-order chi connectivity index (χ1) is 5.70. The van der Waals surface area contributed by atoms with Crippen LogP contribution in [0.15, 0.2) is 0 Å². The molecule has 0 aromatic carbocycles. The number of rotatable bonds is 3. The third kappa shape index (κ3) is 2.00. The van der Waals surface area contributed by atoms with Gasteiger partial charge in [0.15, 0.2) is 0 Å². The topological polar surface area (TPSA) is 3.24 Å². The summed E-state index contributed by atoms with van der Waals surface area (Å²) < 4.78 is 2.50. The Balaban J connectivity index is 2.59. The van der Waals surface area contributed by atoms with Gasteiger partial charge in [0.25, 0.3) is 0 Å². The summed E-state index contributed by atoms with van der Waals surface area (Å²) in [5.74, 6) is 0. The van der Waals surface area contributed by atoms with E-state index in [2.05, 4.69) is 32.6 Å². The van der Waals surface area contributed by atoms with Crippen LogP contribution in [0, 0.1) is 0 Å². The van der Waals surface area contributed by atoms with Gasteiger partial charge in [0.05, 0.1) is 0 Å². The van der Waals surface area contributed by atoms with Crippen molar-refractivity contribution in [2.24, 2.45) is 0 Å². The van der Waals surface area contributed by atoms with Gasteiger partial charge in [-0.3, -0.25) is 4.67 Å². The average Bonchev–Trinajstić information content (AvgIpc) is 2.46. The molecule has 0 spiro atoms. The van der Waals surface area contributed by atoms with Crippen LogP contribution >= 0.6 is 8.07 Å². The zero-order chi connectivity index (χ0) is 9.14. The third-order valence-electron chi connectivity index (χ3n) is 2.99. The van der Waals surface area contributed by atoms with Gasteiger partial charge >= 0.3 is 0 Å². The summed E-state index contributed by atoms with van der Waals surface area (Å²) in [5.41, 5.74) is 2.06. The van der Waals surface area contributed by atoms with E-state index in [1.807, 2.05) is 0 Å². The second kappa shape index (κ2) is 4.58. The first-order valence-corrected chi connectivity index (χ1v) is 6.59. The molecule has 1 saturated heterocycles. The molecule has 0 aliphatic carbocycles. The van der Waals surface area contributed by atoms with Crippen molar-refractivity contribution in [3.63, 3.8) is 0 Å². The van der Waals surface area contributed by atoms with Crippen LogP contribution in [-0.4, -0.2) is 30.1 Å². The minimum Gasteiger partial charge on any atom is -0.288 e. The van der Waals surface area contributed by atoms with Gasteiger partial charge in [-0.15, -0.1) is 0 Å². The Morgan fingerprint density at radius 1 is 1.08 bits per heavy atom. The molecule has 0 radical (unpaired) electrons. The predicted molar refractivity (Wildman–Crippen MR) is 58.0 cm³/mol. The van der Waals surface area contributed by atoms with Crippen molar-refractivity contribution in [3.8, 4) is 0 Å². The Morgan fingerprint density at radius 2 is 1.50 bits per heavy atom. The van der Waals surface area contributed by atoms with Gasteiger partial charge in [-0.2, -0.15) is 0 Å². The van der Waals surface area contributed by atoms with Crippen molar-refractivity contribution in [2.75, 3.05) is 14.1 Å². The molecule has 2 atom stereocenters. The molecule has 0 aromatic rings. The fourth-order valence-electron chi connectivity index (χ4n) is 2.38. The normalized spacial score (nSPS) is 31.8. The molecule has 72 valence electrons. The van der Waals surface area contributed by atoms with Crippen LogP contribution in [0.4, 0.5) is 0 Å². The number of hydrogen-bond donors (Lipinski definition) is 0. The lowest BCUT2D eigenvalue weighted by atomic mass is 10.1. The molecule has 1 aliphatic rings. The van der Waals surface area contributed by atoms with E-state index in [-0.39, 0.29) is 8.07 Å². The van der Waals surface area contributed by atoms with Crippen LogP contribution in [0.2, 0.25) is 0 Å². The lowest BCUT2D eigenvalue weighted by molar-refractivity contribution is 0.651. The molecule has 1 aliphatic heterocycles. The molecule has 2 heteroatoms. The third-order valence-corrected chi connectivity index (χ3v) is 6.65. The molecule has 1 fully saturated rings. The van der Waals surface area contributed by atoms with E-state index in [9.17, 15) is 0 Å². The smallest absolute Gasteiger partial charge is 0.00765 e. The molecule has 0 N–H and O–H groups in total. The Hall–Kier alpha value is 0.390. The molecule has 0 bridgehead atoms. The molecular weight excluding hydrogens is 165 g/mol. The van der Waals surface area contributed by atoms with Crippen molar-refractivity contribution in [3.05, 3.63) is 0 Å². The van der Waals surface area contributed by atoms with Gasteiger partial charge in [0.2, 0.25) is 0 Å². The molecular formula is C10H22NP. The number of nitrogens with zero attached hydrogens (tertiary/aromatic N) is 1. The Kier molecular flexibility index (Phi) is 3.99. The summed E-state index contributed by atoms with van der Waals surface area (Å²) in [7, 11) is 4.73. The quantitative estimate of drug-likeness (QED) is 0.613. The van der Waals surface area contributed by atoms with Gasteiger partial charge in [-0.1, -0.05) is 13.8 Å². The lowest BCUT2D eigenvalue weighted by Crippen LogP contribution is -2.16. The molecule has 1 rings (SSSR count). The highest BCUT2D eigenvalue weighted by Crippen LogP contribution is 2.58. The van der Waals surface area contributed by atoms with Gasteiger partial charge < -0.3 is 0 Å². The average molecular weight is 187 g/mol. The van der Waals surface area contributed by atoms with Crippen LogP contribution in [-0.2, 0) is 0 Å². The second-order valence-corrected chi connectivity index (χ2v) is 6.95. The standard InChI is InChI=1S/C10H22NP/c1-5-9-7-8-10(6-2)12(9)11(3)4/h9-10H,5-8H2,1-4H3/t9-,10-/m1/s1. The van der Waals surface area contributed by atoms with Crippen LogP contribution in [0.3, 0.4) is 0 Å². The van der Waals surface area contributed by atoms with E-state index in [0.717, 1.165) is 11.3 Å². The minimum absolute atomic E-state index is 0.202. The molecule has 0 amide bonds. The van der Waals surface area contributed by atoms with Crippen molar-refractivity contribution in [1.82, 2.24) is 4.67 Å². The van der Waals surface area contributed by atoms with Crippen LogP contribution in [0.1, 0.15) is 39.5 Å². The molecule has 0 unspecified atom stereocenters. The fourth-order valence-corrected chi connectivity index (χ4v) is 5.86. The zero-order valence-corrected chi connectivity index (χ0v) is 9.77. The highest BCUT2D eigenvalue weighted by atomic mass is 31.1. The molecule has 1 nitrogen and oxygen atoms in total. The summed E-state index contributed by atoms with van der Waals surface area (Å²) in [4.78, 5) is 0. The summed E-state index contributed by atoms with van der Waals surface area (Å²) in [5, 5.41) is 0. The predicted octanol–water partition coefficient (Wildman–Crippen LogP) is 3.30. The maximum atomic E-state index is 2.50. The summed E-state index contributed by atoms with van der Waals surface area (Å²) in [6.07, 6.45) is 5.75. The van der Waals surface area contributed by atoms with Crippen molar-refractivity contribution >= 4 is 8.07 Å². The first kappa shape index (κ1) is 10.5. The molecule has 0 aromatic heterocycles. The SMILES string of the molecule is CC[C@@H]1CC[C@@H](CC)P1N(C)C. The lowest BCUT2D eigenvalue weighted by Gasteiger charge is -2.30. The first-order valence-electron chi connectivity index (χ1n) is 5.16. The van der Waals surface area contributed by atoms with E-state index in [1.165, 1.54) is 25.7 Å². The Labute approximate surface area is 78.3 Å². The van der Waals surface area contributed by atoms with Gasteiger partial charge in [-0.25, -0.2) is 0 Å². The molecule has 0 saturated carbocycles. The maximum Gasteiger partial charge on any atom is -0.00765 e. The largest absolute Gasteiger partial charge is 0.288 e. The van der Waals surface area contributed by atoms with Gasteiger partial charge in [0.1, 0.15) is 0 Å². The van der Waals surface area contributed by atoms with Gasteiger partial charge in [0, 0.05) is 0 Å². The fraction of sp³-hybridized carbons (Fsp3) is 1.00. The minimum atomic E-state index is 0.202. The highest BCUT2D eigenvalue weighted by Gasteiger charge is 2.34. The number of hydrogen-bond acceptors (Lipinski definition) is 1. The Bertz CT molecular complexity index is 124. The Morgan fingerprint density at radius 3 is 1.75 bits per heavy atom. The van der Waals surface area contributed by atoms with E-state index in [1.54, 1.807) is 0 Å². The van der Waals surface area contributed by atoms with E-state index in [0.29, 0.717) is 0 Å². The maximum absolute atomic E-state index is 2.50. The van der Waals surface area contributed by atoms with E-state index < -0.39 is 0 Å². The summed E-state index contributed by atoms with van der Waals surface area (Å²) in [6, 6.07) is 0. The van der Waals surface area contributed by atoms with Crippen molar-refractivity contribution in [1.29, 1.82) is 0 Å². The van der Waals surface area contributed by atoms with Crippen molar-refractivity contribution in [2.45, 2.75) is 50.8 Å². The summed E-state index contributed by atoms with van der Waals surface area (Å²) in [6.45, 7) is 4.70. The van der Waals surface area contributed by atoms with Crippen LogP contribution in [0.25, 0.3) is 0 Å². The highest BCUT2D eigenvalue weighted by molar-refractivity contribution is 7.57. The van der Waals surface area contributed by atoms with Crippen molar-refractivity contribution < 1.29 is 0 Å². The summed E-state index contributed by atoms with van der Waals surface area (Å²) >= 11 is 0. The molecule has 1 heterocycles. The molecule has 12 heavy (non-hydrogen) atoms. The van der Waals surface area contributed by atoms with Crippen LogP contribution < -0.4 is 0 Å². The van der Waals surface area contributed by atoms with Gasteiger partial charge in [-0.05, 0) is 59.2 Å². The monoisotopic (exact) mass is 187 g/mol. The van der Waals surface area contributed by atoms with E-state index >= 15 is 0 Å².